The number of benzene rings is 1. The van der Waals surface area contributed by atoms with Gasteiger partial charge in [-0.3, -0.25) is 9.89 Å². The number of rotatable bonds is 4. The standard InChI is InChI=1S/C23H36N4O.HI/c1-24-22(27-13-9-23(18-27)10-14-28-19-23)25-16-20-7-6-8-21(15-20)17-26-11-4-2-3-5-12-26;/h6-8,15H,2-5,9-14,16-19H2,1H3,(H,24,25);1H. The molecule has 0 aliphatic carbocycles. The first-order chi connectivity index (χ1) is 13.8. The molecular formula is C23H37IN4O. The van der Waals surface area contributed by atoms with Gasteiger partial charge in [0.25, 0.3) is 0 Å². The van der Waals surface area contributed by atoms with E-state index >= 15 is 0 Å². The summed E-state index contributed by atoms with van der Waals surface area (Å²) >= 11 is 0. The van der Waals surface area contributed by atoms with Crippen molar-refractivity contribution in [1.82, 2.24) is 15.1 Å². The van der Waals surface area contributed by atoms with Crippen LogP contribution in [0.3, 0.4) is 0 Å². The second-order valence-electron chi connectivity index (χ2n) is 8.89. The fraction of sp³-hybridized carbons (Fsp3) is 0.696. The maximum atomic E-state index is 5.67. The van der Waals surface area contributed by atoms with Crippen molar-refractivity contribution in [3.63, 3.8) is 0 Å². The lowest BCUT2D eigenvalue weighted by molar-refractivity contribution is 0.156. The van der Waals surface area contributed by atoms with E-state index in [2.05, 4.69) is 44.4 Å². The summed E-state index contributed by atoms with van der Waals surface area (Å²) < 4.78 is 5.67. The van der Waals surface area contributed by atoms with E-state index in [0.717, 1.165) is 45.4 Å². The molecule has 0 radical (unpaired) electrons. The third-order valence-electron chi connectivity index (χ3n) is 6.68. The Morgan fingerprint density at radius 1 is 1.10 bits per heavy atom. The second-order valence-corrected chi connectivity index (χ2v) is 8.89. The smallest absolute Gasteiger partial charge is 0.193 e. The number of aliphatic imine (C=N–C) groups is 1. The van der Waals surface area contributed by atoms with Crippen molar-refractivity contribution < 1.29 is 4.74 Å². The quantitative estimate of drug-likeness (QED) is 0.378. The third kappa shape index (κ3) is 6.07. The number of guanidine groups is 1. The molecule has 6 heteroatoms. The highest BCUT2D eigenvalue weighted by atomic mass is 127. The van der Waals surface area contributed by atoms with Gasteiger partial charge in [-0.1, -0.05) is 37.1 Å². The lowest BCUT2D eigenvalue weighted by Crippen LogP contribution is -2.41. The summed E-state index contributed by atoms with van der Waals surface area (Å²) in [6, 6.07) is 9.06. The van der Waals surface area contributed by atoms with Crippen molar-refractivity contribution >= 4 is 29.9 Å². The number of nitrogens with one attached hydrogen (secondary N) is 1. The third-order valence-corrected chi connectivity index (χ3v) is 6.68. The van der Waals surface area contributed by atoms with E-state index in [1.54, 1.807) is 0 Å². The Labute approximate surface area is 193 Å². The first-order valence-electron chi connectivity index (χ1n) is 11.1. The Hall–Kier alpha value is -0.860. The molecule has 1 spiro atoms. The molecule has 1 unspecified atom stereocenters. The summed E-state index contributed by atoms with van der Waals surface area (Å²) in [7, 11) is 1.90. The predicted octanol–water partition coefficient (Wildman–Crippen LogP) is 3.87. The van der Waals surface area contributed by atoms with Crippen molar-refractivity contribution in [1.29, 1.82) is 0 Å². The molecule has 1 atom stereocenters. The Morgan fingerprint density at radius 3 is 2.62 bits per heavy atom. The first kappa shape index (κ1) is 22.8. The van der Waals surface area contributed by atoms with Crippen LogP contribution in [0.4, 0.5) is 0 Å². The van der Waals surface area contributed by atoms with Gasteiger partial charge < -0.3 is 15.0 Å². The number of hydrogen-bond acceptors (Lipinski definition) is 3. The molecule has 3 saturated heterocycles. The van der Waals surface area contributed by atoms with Crippen LogP contribution in [0.15, 0.2) is 29.3 Å². The molecule has 0 bridgehead atoms. The molecule has 3 aliphatic heterocycles. The van der Waals surface area contributed by atoms with E-state index in [1.165, 1.54) is 62.7 Å². The van der Waals surface area contributed by atoms with Gasteiger partial charge in [0.05, 0.1) is 6.61 Å². The van der Waals surface area contributed by atoms with E-state index in [0.29, 0.717) is 5.41 Å². The molecule has 1 aromatic rings. The normalized spacial score (nSPS) is 25.8. The summed E-state index contributed by atoms with van der Waals surface area (Å²) in [4.78, 5) is 9.58. The zero-order chi connectivity index (χ0) is 19.2. The number of halogens is 1. The van der Waals surface area contributed by atoms with Crippen molar-refractivity contribution in [2.75, 3.05) is 46.4 Å². The average Bonchev–Trinajstić information content (AvgIpc) is 3.27. The van der Waals surface area contributed by atoms with Crippen LogP contribution in [-0.4, -0.2) is 62.2 Å². The SMILES string of the molecule is CN=C(NCc1cccc(CN2CCCCCC2)c1)N1CCC2(CCOC2)C1.I. The van der Waals surface area contributed by atoms with Gasteiger partial charge in [-0.25, -0.2) is 0 Å². The van der Waals surface area contributed by atoms with Gasteiger partial charge in [-0.05, 0) is 49.9 Å². The summed E-state index contributed by atoms with van der Waals surface area (Å²) in [5.41, 5.74) is 3.14. The van der Waals surface area contributed by atoms with E-state index in [1.807, 2.05) is 7.05 Å². The highest BCUT2D eigenvalue weighted by Crippen LogP contribution is 2.38. The van der Waals surface area contributed by atoms with E-state index in [4.69, 9.17) is 4.74 Å². The minimum Gasteiger partial charge on any atom is -0.381 e. The number of nitrogens with zero attached hydrogens (tertiary/aromatic N) is 3. The van der Waals surface area contributed by atoms with Crippen LogP contribution in [0, 0.1) is 5.41 Å². The van der Waals surface area contributed by atoms with E-state index < -0.39 is 0 Å². The molecule has 5 nitrogen and oxygen atoms in total. The summed E-state index contributed by atoms with van der Waals surface area (Å²) in [5.74, 6) is 1.03. The summed E-state index contributed by atoms with van der Waals surface area (Å²) in [6.07, 6.45) is 7.89. The highest BCUT2D eigenvalue weighted by molar-refractivity contribution is 14.0. The summed E-state index contributed by atoms with van der Waals surface area (Å²) in [6.45, 7) is 8.39. The Bertz CT molecular complexity index is 667. The number of likely N-dealkylation sites (tertiary alicyclic amines) is 2. The predicted molar refractivity (Wildman–Crippen MR) is 130 cm³/mol. The summed E-state index contributed by atoms with van der Waals surface area (Å²) in [5, 5.41) is 3.60. The molecule has 3 aliphatic rings. The molecule has 0 aromatic heterocycles. The van der Waals surface area contributed by atoms with Gasteiger partial charge >= 0.3 is 0 Å². The molecule has 29 heavy (non-hydrogen) atoms. The van der Waals surface area contributed by atoms with Crippen LogP contribution >= 0.6 is 24.0 Å². The molecule has 1 N–H and O–H groups in total. The van der Waals surface area contributed by atoms with Gasteiger partial charge in [-0.2, -0.15) is 0 Å². The molecule has 3 heterocycles. The molecular weight excluding hydrogens is 475 g/mol. The van der Waals surface area contributed by atoms with Gasteiger partial charge in [0.2, 0.25) is 0 Å². The zero-order valence-electron chi connectivity index (χ0n) is 17.9. The average molecular weight is 512 g/mol. The molecule has 4 rings (SSSR count). The lowest BCUT2D eigenvalue weighted by Gasteiger charge is -2.25. The van der Waals surface area contributed by atoms with Crippen LogP contribution in [0.1, 0.15) is 49.7 Å². The maximum Gasteiger partial charge on any atom is 0.193 e. The number of hydrogen-bond donors (Lipinski definition) is 1. The molecule has 0 saturated carbocycles. The zero-order valence-corrected chi connectivity index (χ0v) is 20.2. The fourth-order valence-electron chi connectivity index (χ4n) is 4.99. The molecule has 162 valence electrons. The Balaban J connectivity index is 0.00000240. The van der Waals surface area contributed by atoms with Crippen molar-refractivity contribution in [2.45, 2.75) is 51.6 Å². The van der Waals surface area contributed by atoms with Crippen LogP contribution in [0.2, 0.25) is 0 Å². The van der Waals surface area contributed by atoms with E-state index in [9.17, 15) is 0 Å². The maximum absolute atomic E-state index is 5.67. The largest absolute Gasteiger partial charge is 0.381 e. The molecule has 1 aromatic carbocycles. The second kappa shape index (κ2) is 11.0. The lowest BCUT2D eigenvalue weighted by atomic mass is 9.87. The van der Waals surface area contributed by atoms with Gasteiger partial charge in [0.1, 0.15) is 0 Å². The number of ether oxygens (including phenoxy) is 1. The highest BCUT2D eigenvalue weighted by Gasteiger charge is 2.42. The Morgan fingerprint density at radius 2 is 1.90 bits per heavy atom. The van der Waals surface area contributed by atoms with Crippen molar-refractivity contribution in [2.24, 2.45) is 10.4 Å². The van der Waals surface area contributed by atoms with Gasteiger partial charge in [0.15, 0.2) is 5.96 Å². The van der Waals surface area contributed by atoms with Crippen LogP contribution < -0.4 is 5.32 Å². The Kier molecular flexibility index (Phi) is 8.62. The van der Waals surface area contributed by atoms with Gasteiger partial charge in [0, 0.05) is 45.2 Å². The fourth-order valence-corrected chi connectivity index (χ4v) is 4.99. The van der Waals surface area contributed by atoms with Crippen molar-refractivity contribution in [3.8, 4) is 0 Å². The van der Waals surface area contributed by atoms with Crippen molar-refractivity contribution in [3.05, 3.63) is 35.4 Å². The van der Waals surface area contributed by atoms with Crippen LogP contribution in [0.5, 0.6) is 0 Å². The first-order valence-corrected chi connectivity index (χ1v) is 11.1. The topological polar surface area (TPSA) is 40.1 Å². The minimum absolute atomic E-state index is 0. The monoisotopic (exact) mass is 512 g/mol. The van der Waals surface area contributed by atoms with Crippen LogP contribution in [0.25, 0.3) is 0 Å². The van der Waals surface area contributed by atoms with E-state index in [-0.39, 0.29) is 24.0 Å². The molecule has 3 fully saturated rings. The minimum atomic E-state index is 0. The molecule has 0 amide bonds. The van der Waals surface area contributed by atoms with Crippen LogP contribution in [-0.2, 0) is 17.8 Å². The van der Waals surface area contributed by atoms with Gasteiger partial charge in [-0.15, -0.1) is 24.0 Å².